The van der Waals surface area contributed by atoms with Crippen molar-refractivity contribution in [3.8, 4) is 5.75 Å². The van der Waals surface area contributed by atoms with E-state index in [4.69, 9.17) is 9.47 Å². The predicted octanol–water partition coefficient (Wildman–Crippen LogP) is 2.83. The second-order valence-electron chi connectivity index (χ2n) is 6.80. The Morgan fingerprint density at radius 1 is 1.40 bits per heavy atom. The van der Waals surface area contributed by atoms with Crippen LogP contribution in [0.4, 0.5) is 10.5 Å². The van der Waals surface area contributed by atoms with Crippen LogP contribution in [0.3, 0.4) is 0 Å². The van der Waals surface area contributed by atoms with Crippen LogP contribution in [-0.4, -0.2) is 69.9 Å². The number of nitrogens with zero attached hydrogens (tertiary/aromatic N) is 2. The van der Waals surface area contributed by atoms with E-state index in [9.17, 15) is 4.79 Å². The van der Waals surface area contributed by atoms with Gasteiger partial charge >= 0.3 is 6.03 Å². The average molecular weight is 349 g/mol. The first-order valence-electron chi connectivity index (χ1n) is 8.91. The zero-order valence-electron chi connectivity index (χ0n) is 15.9. The van der Waals surface area contributed by atoms with Crippen molar-refractivity contribution in [2.75, 3.05) is 59.4 Å². The second kappa shape index (κ2) is 9.63. The summed E-state index contributed by atoms with van der Waals surface area (Å²) < 4.78 is 10.5. The third-order valence-electron chi connectivity index (χ3n) is 4.75. The molecule has 0 radical (unpaired) electrons. The topological polar surface area (TPSA) is 54.0 Å². The Balaban J connectivity index is 1.85. The van der Waals surface area contributed by atoms with Crippen LogP contribution in [0.15, 0.2) is 18.2 Å². The molecule has 140 valence electrons. The summed E-state index contributed by atoms with van der Waals surface area (Å²) in [6.45, 7) is 6.62. The number of likely N-dealkylation sites (tertiary alicyclic amines) is 1. The highest BCUT2D eigenvalue weighted by Crippen LogP contribution is 2.23. The van der Waals surface area contributed by atoms with Gasteiger partial charge in [-0.3, -0.25) is 0 Å². The smallest absolute Gasteiger partial charge is 0.321 e. The minimum Gasteiger partial charge on any atom is -0.496 e. The van der Waals surface area contributed by atoms with Gasteiger partial charge in [-0.05, 0) is 43.9 Å². The van der Waals surface area contributed by atoms with Crippen LogP contribution in [0.25, 0.3) is 0 Å². The lowest BCUT2D eigenvalue weighted by Crippen LogP contribution is -2.43. The number of methoxy groups -OCH3 is 2. The summed E-state index contributed by atoms with van der Waals surface area (Å²) in [7, 11) is 5.23. The molecule has 1 fully saturated rings. The van der Waals surface area contributed by atoms with Crippen molar-refractivity contribution in [3.63, 3.8) is 0 Å². The van der Waals surface area contributed by atoms with Gasteiger partial charge in [0.25, 0.3) is 0 Å². The van der Waals surface area contributed by atoms with Crippen molar-refractivity contribution < 1.29 is 14.3 Å². The van der Waals surface area contributed by atoms with Crippen LogP contribution in [0.1, 0.15) is 18.4 Å². The van der Waals surface area contributed by atoms with E-state index < -0.39 is 0 Å². The van der Waals surface area contributed by atoms with Gasteiger partial charge < -0.3 is 24.6 Å². The van der Waals surface area contributed by atoms with E-state index in [-0.39, 0.29) is 6.03 Å². The molecule has 1 heterocycles. The molecule has 0 unspecified atom stereocenters. The predicted molar refractivity (Wildman–Crippen MR) is 100 cm³/mol. The maximum Gasteiger partial charge on any atom is 0.321 e. The molecule has 0 spiro atoms. The number of carbonyl (C=O) groups excluding carboxylic acids is 1. The Hall–Kier alpha value is -1.79. The van der Waals surface area contributed by atoms with Crippen molar-refractivity contribution >= 4 is 11.7 Å². The molecule has 0 bridgehead atoms. The number of hydrogen-bond donors (Lipinski definition) is 1. The lowest BCUT2D eigenvalue weighted by Gasteiger charge is -2.34. The molecule has 6 heteroatoms. The number of hydrogen-bond acceptors (Lipinski definition) is 4. The quantitative estimate of drug-likeness (QED) is 0.822. The Morgan fingerprint density at radius 2 is 2.20 bits per heavy atom. The van der Waals surface area contributed by atoms with Gasteiger partial charge in [-0.15, -0.1) is 0 Å². The van der Waals surface area contributed by atoms with E-state index in [0.717, 1.165) is 49.8 Å². The van der Waals surface area contributed by atoms with Gasteiger partial charge in [-0.25, -0.2) is 4.79 Å². The number of benzene rings is 1. The summed E-state index contributed by atoms with van der Waals surface area (Å²) in [6, 6.07) is 5.62. The van der Waals surface area contributed by atoms with Crippen LogP contribution in [0.2, 0.25) is 0 Å². The first-order chi connectivity index (χ1) is 12.0. The fraction of sp³-hybridized carbons (Fsp3) is 0.632. The Labute approximate surface area is 151 Å². The van der Waals surface area contributed by atoms with Crippen molar-refractivity contribution in [1.82, 2.24) is 9.80 Å². The molecular formula is C19H31N3O3. The lowest BCUT2D eigenvalue weighted by atomic mass is 9.97. The van der Waals surface area contributed by atoms with Crippen LogP contribution >= 0.6 is 0 Å². The van der Waals surface area contributed by atoms with E-state index >= 15 is 0 Å². The van der Waals surface area contributed by atoms with Gasteiger partial charge in [0.1, 0.15) is 5.75 Å². The SMILES string of the molecule is COCCN1CCC[C@@H](CN(C)C(=O)Nc2ccc(C)c(OC)c2)C1. The summed E-state index contributed by atoms with van der Waals surface area (Å²) in [6.07, 6.45) is 2.35. The van der Waals surface area contributed by atoms with Crippen molar-refractivity contribution in [1.29, 1.82) is 0 Å². The molecule has 1 aromatic carbocycles. The summed E-state index contributed by atoms with van der Waals surface area (Å²) in [5.74, 6) is 1.29. The van der Waals surface area contributed by atoms with Gasteiger partial charge in [-0.1, -0.05) is 6.07 Å². The van der Waals surface area contributed by atoms with Crippen LogP contribution in [-0.2, 0) is 4.74 Å². The van der Waals surface area contributed by atoms with E-state index in [1.54, 1.807) is 19.1 Å². The summed E-state index contributed by atoms with van der Waals surface area (Å²) in [5.41, 5.74) is 1.80. The standard InChI is InChI=1S/C19H31N3O3/c1-15-7-8-17(12-18(15)25-4)20-19(23)21(2)13-16-6-5-9-22(14-16)10-11-24-3/h7-8,12,16H,5-6,9-11,13-14H2,1-4H3,(H,20,23)/t16-/m0/s1. The van der Waals surface area contributed by atoms with Crippen molar-refractivity contribution in [2.45, 2.75) is 19.8 Å². The molecular weight excluding hydrogens is 318 g/mol. The zero-order chi connectivity index (χ0) is 18.2. The second-order valence-corrected chi connectivity index (χ2v) is 6.80. The highest BCUT2D eigenvalue weighted by atomic mass is 16.5. The fourth-order valence-electron chi connectivity index (χ4n) is 3.31. The molecule has 2 rings (SSSR count). The minimum absolute atomic E-state index is 0.0834. The summed E-state index contributed by atoms with van der Waals surface area (Å²) in [5, 5.41) is 2.95. The van der Waals surface area contributed by atoms with E-state index in [1.807, 2.05) is 32.2 Å². The van der Waals surface area contributed by atoms with Crippen LogP contribution in [0, 0.1) is 12.8 Å². The highest BCUT2D eigenvalue weighted by molar-refractivity contribution is 5.89. The first kappa shape index (κ1) is 19.5. The number of nitrogens with one attached hydrogen (secondary N) is 1. The molecule has 1 atom stereocenters. The molecule has 1 aliphatic heterocycles. The zero-order valence-corrected chi connectivity index (χ0v) is 15.9. The molecule has 25 heavy (non-hydrogen) atoms. The van der Waals surface area contributed by atoms with Gasteiger partial charge in [0.05, 0.1) is 13.7 Å². The van der Waals surface area contributed by atoms with Gasteiger partial charge in [-0.2, -0.15) is 0 Å². The molecule has 2 amide bonds. The van der Waals surface area contributed by atoms with E-state index in [1.165, 1.54) is 12.8 Å². The number of aryl methyl sites for hydroxylation is 1. The van der Waals surface area contributed by atoms with Crippen LogP contribution in [0.5, 0.6) is 5.75 Å². The Morgan fingerprint density at radius 3 is 2.92 bits per heavy atom. The molecule has 1 aromatic rings. The third-order valence-corrected chi connectivity index (χ3v) is 4.75. The lowest BCUT2D eigenvalue weighted by molar-refractivity contribution is 0.106. The van der Waals surface area contributed by atoms with Crippen molar-refractivity contribution in [3.05, 3.63) is 23.8 Å². The number of anilines is 1. The molecule has 1 N–H and O–H groups in total. The molecule has 1 aliphatic rings. The number of piperidine rings is 1. The largest absolute Gasteiger partial charge is 0.496 e. The molecule has 6 nitrogen and oxygen atoms in total. The average Bonchev–Trinajstić information content (AvgIpc) is 2.61. The summed E-state index contributed by atoms with van der Waals surface area (Å²) in [4.78, 5) is 16.7. The number of amides is 2. The van der Waals surface area contributed by atoms with Gasteiger partial charge in [0.15, 0.2) is 0 Å². The number of carbonyl (C=O) groups is 1. The fourth-order valence-corrected chi connectivity index (χ4v) is 3.31. The number of ether oxygens (including phenoxy) is 2. The van der Waals surface area contributed by atoms with Gasteiger partial charge in [0, 0.05) is 45.5 Å². The van der Waals surface area contributed by atoms with Crippen LogP contribution < -0.4 is 10.1 Å². The first-order valence-corrected chi connectivity index (χ1v) is 8.91. The highest BCUT2D eigenvalue weighted by Gasteiger charge is 2.22. The minimum atomic E-state index is -0.0834. The normalized spacial score (nSPS) is 18.0. The van der Waals surface area contributed by atoms with E-state index in [2.05, 4.69) is 10.2 Å². The molecule has 0 saturated carbocycles. The number of urea groups is 1. The molecule has 0 aromatic heterocycles. The third kappa shape index (κ3) is 5.90. The van der Waals surface area contributed by atoms with E-state index in [0.29, 0.717) is 5.92 Å². The maximum atomic E-state index is 12.5. The van der Waals surface area contributed by atoms with Gasteiger partial charge in [0.2, 0.25) is 0 Å². The Bertz CT molecular complexity index is 565. The molecule has 1 saturated heterocycles. The van der Waals surface area contributed by atoms with Crippen molar-refractivity contribution in [2.24, 2.45) is 5.92 Å². The number of rotatable bonds is 7. The summed E-state index contributed by atoms with van der Waals surface area (Å²) >= 11 is 0. The monoisotopic (exact) mass is 349 g/mol. The maximum absolute atomic E-state index is 12.5. The Kier molecular flexibility index (Phi) is 7.52. The molecule has 0 aliphatic carbocycles.